The van der Waals surface area contributed by atoms with Crippen LogP contribution in [0.4, 0.5) is 0 Å². The van der Waals surface area contributed by atoms with E-state index in [1.165, 1.54) is 12.2 Å². The first kappa shape index (κ1) is 14.7. The Bertz CT molecular complexity index is 848. The fourth-order valence-corrected chi connectivity index (χ4v) is 2.30. The quantitative estimate of drug-likeness (QED) is 0.700. The molecular formula is C19H13NO3. The molecule has 0 fully saturated rings. The molecule has 0 spiro atoms. The Kier molecular flexibility index (Phi) is 3.97. The van der Waals surface area contributed by atoms with Crippen molar-refractivity contribution in [3.8, 4) is 0 Å². The van der Waals surface area contributed by atoms with Crippen LogP contribution < -0.4 is 5.32 Å². The average molecular weight is 303 g/mol. The maximum atomic E-state index is 12.0. The number of benzene rings is 2. The maximum Gasteiger partial charge on any atom is 0.249 e. The number of carbonyl (C=O) groups excluding carboxylic acids is 3. The number of amides is 1. The largest absolute Gasteiger partial charge is 0.319 e. The third-order valence-corrected chi connectivity index (χ3v) is 3.44. The number of fused-ring (bicyclic) bond motifs is 1. The number of carbonyl (C=O) groups is 3. The molecule has 2 aromatic carbocycles. The van der Waals surface area contributed by atoms with Crippen molar-refractivity contribution in [2.45, 2.75) is 0 Å². The van der Waals surface area contributed by atoms with E-state index in [-0.39, 0.29) is 5.70 Å². The number of ketones is 2. The zero-order valence-electron chi connectivity index (χ0n) is 12.2. The van der Waals surface area contributed by atoms with Crippen LogP contribution in [0.5, 0.6) is 0 Å². The highest BCUT2D eigenvalue weighted by Gasteiger charge is 2.27. The molecule has 0 aliphatic heterocycles. The van der Waals surface area contributed by atoms with Crippen molar-refractivity contribution in [3.05, 3.63) is 83.1 Å². The maximum absolute atomic E-state index is 12.0. The van der Waals surface area contributed by atoms with E-state index < -0.39 is 17.5 Å². The number of rotatable bonds is 3. The molecule has 4 heteroatoms. The monoisotopic (exact) mass is 303 g/mol. The highest BCUT2D eigenvalue weighted by atomic mass is 16.2. The Labute approximate surface area is 133 Å². The van der Waals surface area contributed by atoms with Crippen LogP contribution in [-0.4, -0.2) is 17.5 Å². The Morgan fingerprint density at radius 2 is 1.57 bits per heavy atom. The summed E-state index contributed by atoms with van der Waals surface area (Å²) in [6.45, 7) is 0. The lowest BCUT2D eigenvalue weighted by Gasteiger charge is -2.14. The molecule has 0 saturated carbocycles. The number of nitrogens with one attached hydrogen (secondary N) is 1. The second kappa shape index (κ2) is 6.23. The summed E-state index contributed by atoms with van der Waals surface area (Å²) in [7, 11) is 0. The van der Waals surface area contributed by atoms with E-state index in [9.17, 15) is 14.4 Å². The lowest BCUT2D eigenvalue weighted by atomic mass is 9.93. The fourth-order valence-electron chi connectivity index (χ4n) is 2.30. The van der Waals surface area contributed by atoms with Crippen LogP contribution >= 0.6 is 0 Å². The highest BCUT2D eigenvalue weighted by Crippen LogP contribution is 2.20. The van der Waals surface area contributed by atoms with Gasteiger partial charge in [-0.05, 0) is 23.3 Å². The molecule has 1 aliphatic rings. The topological polar surface area (TPSA) is 63.2 Å². The van der Waals surface area contributed by atoms with Gasteiger partial charge in [0.1, 0.15) is 0 Å². The molecule has 112 valence electrons. The molecule has 0 unspecified atom stereocenters. The van der Waals surface area contributed by atoms with Gasteiger partial charge in [0.05, 0.1) is 5.70 Å². The predicted molar refractivity (Wildman–Crippen MR) is 87.4 cm³/mol. The molecule has 2 aromatic rings. The normalized spacial score (nSPS) is 13.7. The van der Waals surface area contributed by atoms with E-state index in [1.54, 1.807) is 30.3 Å². The van der Waals surface area contributed by atoms with E-state index in [0.29, 0.717) is 11.1 Å². The van der Waals surface area contributed by atoms with Crippen LogP contribution in [0.2, 0.25) is 0 Å². The van der Waals surface area contributed by atoms with Gasteiger partial charge in [0.25, 0.3) is 0 Å². The van der Waals surface area contributed by atoms with Crippen LogP contribution in [-0.2, 0) is 9.59 Å². The van der Waals surface area contributed by atoms with Crippen molar-refractivity contribution < 1.29 is 14.4 Å². The molecule has 0 bridgehead atoms. The summed E-state index contributed by atoms with van der Waals surface area (Å²) in [5.41, 5.74) is 1.85. The molecular weight excluding hydrogens is 290 g/mol. The molecule has 0 atom stereocenters. The molecule has 1 aliphatic carbocycles. The summed E-state index contributed by atoms with van der Waals surface area (Å²) in [5.74, 6) is -1.77. The summed E-state index contributed by atoms with van der Waals surface area (Å²) in [6, 6.07) is 16.1. The average Bonchev–Trinajstić information content (AvgIpc) is 2.58. The SMILES string of the molecule is O=C(/C=C/c1ccccc1)NC1=Cc2ccccc2C(=O)C1=O. The molecule has 23 heavy (non-hydrogen) atoms. The molecule has 0 heterocycles. The molecule has 3 rings (SSSR count). The second-order valence-corrected chi connectivity index (χ2v) is 5.04. The zero-order valence-corrected chi connectivity index (χ0v) is 12.2. The van der Waals surface area contributed by atoms with Crippen molar-refractivity contribution >= 4 is 29.6 Å². The first-order valence-electron chi connectivity index (χ1n) is 7.09. The van der Waals surface area contributed by atoms with Gasteiger partial charge in [-0.15, -0.1) is 0 Å². The van der Waals surface area contributed by atoms with E-state index in [2.05, 4.69) is 5.32 Å². The molecule has 0 saturated heterocycles. The molecule has 1 amide bonds. The minimum absolute atomic E-state index is 0.00332. The van der Waals surface area contributed by atoms with Crippen LogP contribution in [0.3, 0.4) is 0 Å². The standard InChI is InChI=1S/C19H13NO3/c21-17(11-10-13-6-2-1-3-7-13)20-16-12-14-8-4-5-9-15(14)18(22)19(16)23/h1-12H,(H,20,21)/b11-10+. The Morgan fingerprint density at radius 3 is 2.35 bits per heavy atom. The fraction of sp³-hybridized carbons (Fsp3) is 0. The van der Waals surface area contributed by atoms with Gasteiger partial charge in [0.2, 0.25) is 17.5 Å². The summed E-state index contributed by atoms with van der Waals surface area (Å²) < 4.78 is 0. The summed E-state index contributed by atoms with van der Waals surface area (Å²) in [5, 5.41) is 2.48. The lowest BCUT2D eigenvalue weighted by molar-refractivity contribution is -0.118. The van der Waals surface area contributed by atoms with Gasteiger partial charge >= 0.3 is 0 Å². The smallest absolute Gasteiger partial charge is 0.249 e. The van der Waals surface area contributed by atoms with Crippen molar-refractivity contribution in [1.82, 2.24) is 5.32 Å². The number of hydrogen-bond donors (Lipinski definition) is 1. The number of hydrogen-bond acceptors (Lipinski definition) is 3. The summed E-state index contributed by atoms with van der Waals surface area (Å²) >= 11 is 0. The van der Waals surface area contributed by atoms with Gasteiger partial charge in [-0.25, -0.2) is 0 Å². The van der Waals surface area contributed by atoms with Crippen molar-refractivity contribution in [1.29, 1.82) is 0 Å². The summed E-state index contributed by atoms with van der Waals surface area (Å²) in [4.78, 5) is 36.0. The minimum atomic E-state index is -0.704. The van der Waals surface area contributed by atoms with Crippen molar-refractivity contribution in [2.75, 3.05) is 0 Å². The van der Waals surface area contributed by atoms with E-state index >= 15 is 0 Å². The van der Waals surface area contributed by atoms with Gasteiger partial charge in [0.15, 0.2) is 0 Å². The van der Waals surface area contributed by atoms with Crippen LogP contribution in [0.15, 0.2) is 66.4 Å². The van der Waals surface area contributed by atoms with E-state index in [4.69, 9.17) is 0 Å². The van der Waals surface area contributed by atoms with Gasteiger partial charge < -0.3 is 5.32 Å². The predicted octanol–water partition coefficient (Wildman–Crippen LogP) is 2.62. The highest BCUT2D eigenvalue weighted by molar-refractivity contribution is 6.52. The molecule has 1 N–H and O–H groups in total. The Morgan fingerprint density at radius 1 is 0.870 bits per heavy atom. The van der Waals surface area contributed by atoms with Gasteiger partial charge in [-0.1, -0.05) is 54.6 Å². The van der Waals surface area contributed by atoms with Crippen molar-refractivity contribution in [3.63, 3.8) is 0 Å². The van der Waals surface area contributed by atoms with E-state index in [0.717, 1.165) is 5.56 Å². The van der Waals surface area contributed by atoms with Gasteiger partial charge in [-0.3, -0.25) is 14.4 Å². The van der Waals surface area contributed by atoms with Crippen LogP contribution in [0.25, 0.3) is 12.2 Å². The van der Waals surface area contributed by atoms with Crippen LogP contribution in [0, 0.1) is 0 Å². The Hall–Kier alpha value is -3.27. The number of allylic oxidation sites excluding steroid dienone is 1. The first-order chi connectivity index (χ1) is 11.1. The first-order valence-corrected chi connectivity index (χ1v) is 7.09. The second-order valence-electron chi connectivity index (χ2n) is 5.04. The van der Waals surface area contributed by atoms with E-state index in [1.807, 2.05) is 30.3 Å². The molecule has 4 nitrogen and oxygen atoms in total. The molecule has 0 radical (unpaired) electrons. The van der Waals surface area contributed by atoms with Gasteiger partial charge in [0, 0.05) is 11.6 Å². The number of Topliss-reactive ketones (excluding diaryl/α,β-unsaturated/α-hetero) is 2. The zero-order chi connectivity index (χ0) is 16.2. The van der Waals surface area contributed by atoms with Crippen LogP contribution in [0.1, 0.15) is 21.5 Å². The lowest BCUT2D eigenvalue weighted by Crippen LogP contribution is -2.32. The summed E-state index contributed by atoms with van der Waals surface area (Å²) in [6.07, 6.45) is 4.49. The van der Waals surface area contributed by atoms with Crippen molar-refractivity contribution in [2.24, 2.45) is 0 Å². The third-order valence-electron chi connectivity index (χ3n) is 3.44. The molecule has 0 aromatic heterocycles. The van der Waals surface area contributed by atoms with Gasteiger partial charge in [-0.2, -0.15) is 0 Å². The third kappa shape index (κ3) is 3.16. The minimum Gasteiger partial charge on any atom is -0.319 e. The Balaban J connectivity index is 1.79.